The molecule has 0 saturated carbocycles. The lowest BCUT2D eigenvalue weighted by molar-refractivity contribution is -0.121. The summed E-state index contributed by atoms with van der Waals surface area (Å²) in [4.78, 5) is 11.5. The van der Waals surface area contributed by atoms with E-state index in [0.717, 1.165) is 16.9 Å². The fraction of sp³-hybridized carbons (Fsp3) is 0.462. The summed E-state index contributed by atoms with van der Waals surface area (Å²) < 4.78 is 5.19. The third-order valence-corrected chi connectivity index (χ3v) is 3.00. The van der Waals surface area contributed by atoms with Gasteiger partial charge in [-0.15, -0.1) is 0 Å². The van der Waals surface area contributed by atoms with Crippen LogP contribution in [0.4, 0.5) is 0 Å². The van der Waals surface area contributed by atoms with Crippen LogP contribution in [0.5, 0.6) is 5.75 Å². The summed E-state index contributed by atoms with van der Waals surface area (Å²) in [5, 5.41) is 0. The van der Waals surface area contributed by atoms with Crippen molar-refractivity contribution < 1.29 is 9.53 Å². The second-order valence-corrected chi connectivity index (χ2v) is 4.37. The van der Waals surface area contributed by atoms with Crippen molar-refractivity contribution >= 4 is 5.78 Å². The second-order valence-electron chi connectivity index (χ2n) is 4.37. The van der Waals surface area contributed by atoms with Crippen molar-refractivity contribution in [3.63, 3.8) is 0 Å². The molecule has 0 amide bonds. The van der Waals surface area contributed by atoms with Crippen molar-refractivity contribution in [1.29, 1.82) is 0 Å². The van der Waals surface area contributed by atoms with Crippen molar-refractivity contribution in [1.82, 2.24) is 0 Å². The third-order valence-electron chi connectivity index (χ3n) is 3.00. The lowest BCUT2D eigenvalue weighted by atomic mass is 9.80. The molecule has 1 rings (SSSR count). The zero-order chi connectivity index (χ0) is 11.6. The minimum Gasteiger partial charge on any atom is -0.496 e. The molecule has 0 aliphatic heterocycles. The number of hydrogen-bond acceptors (Lipinski definition) is 2. The predicted octanol–water partition coefficient (Wildman–Crippen LogP) is 2.87. The largest absolute Gasteiger partial charge is 0.496 e. The van der Waals surface area contributed by atoms with E-state index >= 15 is 0 Å². The number of aryl methyl sites for hydroxylation is 1. The molecule has 0 heterocycles. The van der Waals surface area contributed by atoms with Crippen molar-refractivity contribution in [2.75, 3.05) is 7.11 Å². The van der Waals surface area contributed by atoms with Gasteiger partial charge in [-0.25, -0.2) is 0 Å². The van der Waals surface area contributed by atoms with E-state index in [1.54, 1.807) is 14.0 Å². The Hall–Kier alpha value is -1.31. The summed E-state index contributed by atoms with van der Waals surface area (Å²) in [6.45, 7) is 7.49. The number of hydrogen-bond donors (Lipinski definition) is 0. The Morgan fingerprint density at radius 3 is 2.33 bits per heavy atom. The van der Waals surface area contributed by atoms with E-state index in [9.17, 15) is 4.79 Å². The first kappa shape index (κ1) is 11.8. The highest BCUT2D eigenvalue weighted by molar-refractivity contribution is 5.87. The number of ether oxygens (including phenoxy) is 1. The van der Waals surface area contributed by atoms with Gasteiger partial charge in [-0.1, -0.05) is 12.1 Å². The number of Topliss-reactive ketones (excluding diaryl/α,β-unsaturated/α-hetero) is 1. The molecule has 0 unspecified atom stereocenters. The van der Waals surface area contributed by atoms with Gasteiger partial charge in [-0.2, -0.15) is 0 Å². The van der Waals surface area contributed by atoms with Gasteiger partial charge in [-0.3, -0.25) is 4.79 Å². The zero-order valence-electron chi connectivity index (χ0n) is 10.0. The van der Waals surface area contributed by atoms with Crippen LogP contribution < -0.4 is 4.74 Å². The number of methoxy groups -OCH3 is 1. The molecule has 82 valence electrons. The molecule has 0 saturated heterocycles. The summed E-state index contributed by atoms with van der Waals surface area (Å²) in [5.74, 6) is 1.03. The number of carbonyl (C=O) groups excluding carboxylic acids is 1. The van der Waals surface area contributed by atoms with Crippen molar-refractivity contribution in [2.24, 2.45) is 0 Å². The Bertz CT molecular complexity index is 378. The predicted molar refractivity (Wildman–Crippen MR) is 61.4 cm³/mol. The Morgan fingerprint density at radius 2 is 1.93 bits per heavy atom. The molecule has 0 bridgehead atoms. The van der Waals surface area contributed by atoms with Crippen LogP contribution in [0.25, 0.3) is 0 Å². The lowest BCUT2D eigenvalue weighted by Gasteiger charge is -2.22. The second kappa shape index (κ2) is 4.05. The molecule has 0 aliphatic rings. The monoisotopic (exact) mass is 206 g/mol. The van der Waals surface area contributed by atoms with E-state index < -0.39 is 5.41 Å². The highest BCUT2D eigenvalue weighted by Crippen LogP contribution is 2.28. The molecule has 2 nitrogen and oxygen atoms in total. The van der Waals surface area contributed by atoms with Crippen LogP contribution >= 0.6 is 0 Å². The first-order valence-corrected chi connectivity index (χ1v) is 5.05. The molecule has 0 fully saturated rings. The van der Waals surface area contributed by atoms with E-state index in [1.807, 2.05) is 39.0 Å². The molecule has 0 atom stereocenters. The highest BCUT2D eigenvalue weighted by atomic mass is 16.5. The Labute approximate surface area is 91.3 Å². The molecule has 1 aromatic rings. The average molecular weight is 206 g/mol. The standard InChI is InChI=1S/C13H18O2/c1-9-8-11(6-7-12(9)15-5)13(3,4)10(2)14/h6-8H,1-5H3. The van der Waals surface area contributed by atoms with Gasteiger partial charge in [0.25, 0.3) is 0 Å². The normalized spacial score (nSPS) is 11.3. The average Bonchev–Trinajstić information content (AvgIpc) is 2.17. The summed E-state index contributed by atoms with van der Waals surface area (Å²) in [7, 11) is 1.65. The van der Waals surface area contributed by atoms with Gasteiger partial charge in [0.2, 0.25) is 0 Å². The van der Waals surface area contributed by atoms with Crippen LogP contribution in [0.2, 0.25) is 0 Å². The summed E-state index contributed by atoms with van der Waals surface area (Å²) in [6, 6.07) is 5.88. The Balaban J connectivity index is 3.18. The highest BCUT2D eigenvalue weighted by Gasteiger charge is 2.26. The van der Waals surface area contributed by atoms with Crippen LogP contribution in [0, 0.1) is 6.92 Å². The molecule has 0 radical (unpaired) electrons. The van der Waals surface area contributed by atoms with Gasteiger partial charge in [-0.05, 0) is 44.9 Å². The van der Waals surface area contributed by atoms with Gasteiger partial charge < -0.3 is 4.74 Å². The maximum absolute atomic E-state index is 11.5. The van der Waals surface area contributed by atoms with E-state index in [2.05, 4.69) is 0 Å². The third kappa shape index (κ3) is 2.20. The molecule has 15 heavy (non-hydrogen) atoms. The van der Waals surface area contributed by atoms with Crippen molar-refractivity contribution in [3.05, 3.63) is 29.3 Å². The van der Waals surface area contributed by atoms with E-state index in [1.165, 1.54) is 0 Å². The number of ketones is 1. The van der Waals surface area contributed by atoms with E-state index in [0.29, 0.717) is 0 Å². The van der Waals surface area contributed by atoms with E-state index in [4.69, 9.17) is 4.74 Å². The van der Waals surface area contributed by atoms with Gasteiger partial charge in [0.05, 0.1) is 7.11 Å². The quantitative estimate of drug-likeness (QED) is 0.760. The SMILES string of the molecule is COc1ccc(C(C)(C)C(C)=O)cc1C. The molecule has 2 heteroatoms. The Kier molecular flexibility index (Phi) is 3.18. The van der Waals surface area contributed by atoms with Gasteiger partial charge >= 0.3 is 0 Å². The molecule has 1 aromatic carbocycles. The van der Waals surface area contributed by atoms with Crippen LogP contribution in [0.15, 0.2) is 18.2 Å². The topological polar surface area (TPSA) is 26.3 Å². The maximum atomic E-state index is 11.5. The minimum absolute atomic E-state index is 0.173. The Morgan fingerprint density at radius 1 is 1.33 bits per heavy atom. The molecular weight excluding hydrogens is 188 g/mol. The lowest BCUT2D eigenvalue weighted by Crippen LogP contribution is -2.26. The molecule has 0 spiro atoms. The fourth-order valence-corrected chi connectivity index (χ4v) is 1.47. The van der Waals surface area contributed by atoms with Crippen LogP contribution in [0.1, 0.15) is 31.9 Å². The van der Waals surface area contributed by atoms with Crippen LogP contribution in [-0.2, 0) is 10.2 Å². The fourth-order valence-electron chi connectivity index (χ4n) is 1.47. The van der Waals surface area contributed by atoms with Gasteiger partial charge in [0.1, 0.15) is 11.5 Å². The van der Waals surface area contributed by atoms with Crippen molar-refractivity contribution in [3.8, 4) is 5.75 Å². The molecule has 0 N–H and O–H groups in total. The minimum atomic E-state index is -0.420. The first-order chi connectivity index (χ1) is 6.89. The van der Waals surface area contributed by atoms with Gasteiger partial charge in [0, 0.05) is 5.41 Å². The summed E-state index contributed by atoms with van der Waals surface area (Å²) in [6.07, 6.45) is 0. The molecule has 0 aliphatic carbocycles. The maximum Gasteiger partial charge on any atom is 0.139 e. The summed E-state index contributed by atoms with van der Waals surface area (Å²) >= 11 is 0. The number of rotatable bonds is 3. The number of carbonyl (C=O) groups is 1. The molecular formula is C13H18O2. The smallest absolute Gasteiger partial charge is 0.139 e. The zero-order valence-corrected chi connectivity index (χ0v) is 10.0. The molecule has 0 aromatic heterocycles. The summed E-state index contributed by atoms with van der Waals surface area (Å²) in [5.41, 5.74) is 1.68. The van der Waals surface area contributed by atoms with Crippen molar-refractivity contribution in [2.45, 2.75) is 33.1 Å². The van der Waals surface area contributed by atoms with Crippen LogP contribution in [-0.4, -0.2) is 12.9 Å². The van der Waals surface area contributed by atoms with Gasteiger partial charge in [0.15, 0.2) is 0 Å². The first-order valence-electron chi connectivity index (χ1n) is 5.05. The van der Waals surface area contributed by atoms with E-state index in [-0.39, 0.29) is 5.78 Å². The van der Waals surface area contributed by atoms with Crippen LogP contribution in [0.3, 0.4) is 0 Å². The number of benzene rings is 1.